The summed E-state index contributed by atoms with van der Waals surface area (Å²) >= 11 is 0. The summed E-state index contributed by atoms with van der Waals surface area (Å²) in [6.07, 6.45) is 0. The van der Waals surface area contributed by atoms with Crippen molar-refractivity contribution in [2.24, 2.45) is 5.92 Å². The van der Waals surface area contributed by atoms with Gasteiger partial charge in [-0.3, -0.25) is 9.69 Å². The number of carboxylic acids is 1. The first kappa shape index (κ1) is 13.4. The number of nitrogens with zero attached hydrogens (tertiary/aromatic N) is 2. The van der Waals surface area contributed by atoms with Gasteiger partial charge in [-0.2, -0.15) is 0 Å². The van der Waals surface area contributed by atoms with Crippen molar-refractivity contribution in [3.63, 3.8) is 0 Å². The van der Waals surface area contributed by atoms with E-state index in [1.54, 1.807) is 7.11 Å². The molecule has 0 bridgehead atoms. The number of carboxylic acid groups (broad SMARTS) is 1. The number of piperazine rings is 1. The smallest absolute Gasteiger partial charge is 0.317 e. The molecule has 0 aromatic carbocycles. The first-order chi connectivity index (χ1) is 7.61. The van der Waals surface area contributed by atoms with Crippen LogP contribution in [0, 0.1) is 5.92 Å². The van der Waals surface area contributed by atoms with E-state index in [2.05, 4.69) is 11.8 Å². The predicted octanol–water partition coefficient (Wildman–Crippen LogP) is -0.0289. The molecule has 1 unspecified atom stereocenters. The fourth-order valence-electron chi connectivity index (χ4n) is 2.10. The van der Waals surface area contributed by atoms with Crippen LogP contribution < -0.4 is 0 Å². The minimum absolute atomic E-state index is 0.168. The van der Waals surface area contributed by atoms with E-state index in [9.17, 15) is 4.79 Å². The van der Waals surface area contributed by atoms with Crippen molar-refractivity contribution in [3.8, 4) is 0 Å². The molecule has 0 aliphatic carbocycles. The Morgan fingerprint density at radius 3 is 2.38 bits per heavy atom. The van der Waals surface area contributed by atoms with Crippen LogP contribution in [0.2, 0.25) is 0 Å². The molecule has 1 N–H and O–H groups in total. The van der Waals surface area contributed by atoms with Gasteiger partial charge in [0, 0.05) is 46.4 Å². The maximum atomic E-state index is 10.5. The lowest BCUT2D eigenvalue weighted by Gasteiger charge is -2.35. The van der Waals surface area contributed by atoms with Gasteiger partial charge in [-0.05, 0) is 5.92 Å². The fraction of sp³-hybridized carbons (Fsp3) is 0.909. The Bertz CT molecular complexity index is 215. The summed E-state index contributed by atoms with van der Waals surface area (Å²) < 4.78 is 5.10. The van der Waals surface area contributed by atoms with Crippen LogP contribution in [-0.4, -0.2) is 73.9 Å². The zero-order chi connectivity index (χ0) is 12.0. The number of rotatable bonds is 6. The fourth-order valence-corrected chi connectivity index (χ4v) is 2.10. The Balaban J connectivity index is 2.18. The Morgan fingerprint density at radius 2 is 1.88 bits per heavy atom. The average molecular weight is 230 g/mol. The molecular weight excluding hydrogens is 208 g/mol. The first-order valence-corrected chi connectivity index (χ1v) is 5.77. The van der Waals surface area contributed by atoms with E-state index < -0.39 is 5.97 Å². The number of hydrogen-bond donors (Lipinski definition) is 1. The third kappa shape index (κ3) is 4.92. The van der Waals surface area contributed by atoms with Crippen molar-refractivity contribution in [1.29, 1.82) is 0 Å². The van der Waals surface area contributed by atoms with Crippen LogP contribution in [0.5, 0.6) is 0 Å². The van der Waals surface area contributed by atoms with Crippen molar-refractivity contribution in [3.05, 3.63) is 0 Å². The van der Waals surface area contributed by atoms with Crippen LogP contribution in [0.15, 0.2) is 0 Å². The van der Waals surface area contributed by atoms with E-state index in [-0.39, 0.29) is 6.54 Å². The lowest BCUT2D eigenvalue weighted by molar-refractivity contribution is -0.138. The van der Waals surface area contributed by atoms with Crippen molar-refractivity contribution >= 4 is 5.97 Å². The maximum absolute atomic E-state index is 10.5. The zero-order valence-corrected chi connectivity index (χ0v) is 10.2. The molecule has 1 heterocycles. The normalized spacial score (nSPS) is 20.9. The van der Waals surface area contributed by atoms with E-state index >= 15 is 0 Å². The maximum Gasteiger partial charge on any atom is 0.317 e. The van der Waals surface area contributed by atoms with Gasteiger partial charge in [-0.1, -0.05) is 6.92 Å². The van der Waals surface area contributed by atoms with E-state index in [0.29, 0.717) is 5.92 Å². The zero-order valence-electron chi connectivity index (χ0n) is 10.2. The molecule has 0 spiro atoms. The summed E-state index contributed by atoms with van der Waals surface area (Å²) in [7, 11) is 1.72. The van der Waals surface area contributed by atoms with Crippen LogP contribution in [0.25, 0.3) is 0 Å². The van der Waals surface area contributed by atoms with Crippen molar-refractivity contribution < 1.29 is 14.6 Å². The molecule has 0 amide bonds. The SMILES string of the molecule is COCC(C)CN1CCN(CC(=O)O)CC1. The molecule has 16 heavy (non-hydrogen) atoms. The minimum Gasteiger partial charge on any atom is -0.480 e. The summed E-state index contributed by atoms with van der Waals surface area (Å²) in [6, 6.07) is 0. The second-order valence-corrected chi connectivity index (χ2v) is 4.53. The summed E-state index contributed by atoms with van der Waals surface area (Å²) in [6.45, 7) is 7.79. The Morgan fingerprint density at radius 1 is 1.31 bits per heavy atom. The van der Waals surface area contributed by atoms with Crippen LogP contribution in [-0.2, 0) is 9.53 Å². The summed E-state index contributed by atoms with van der Waals surface area (Å²) in [5, 5.41) is 8.68. The largest absolute Gasteiger partial charge is 0.480 e. The van der Waals surface area contributed by atoms with Gasteiger partial charge < -0.3 is 14.7 Å². The van der Waals surface area contributed by atoms with Crippen LogP contribution in [0.3, 0.4) is 0 Å². The second kappa shape index (κ2) is 6.83. The molecular formula is C11H22N2O3. The van der Waals surface area contributed by atoms with Gasteiger partial charge in [-0.15, -0.1) is 0 Å². The summed E-state index contributed by atoms with van der Waals surface area (Å²) in [4.78, 5) is 14.9. The molecule has 1 aliphatic rings. The van der Waals surface area contributed by atoms with Crippen molar-refractivity contribution in [2.75, 3.05) is 53.0 Å². The number of hydrogen-bond acceptors (Lipinski definition) is 4. The highest BCUT2D eigenvalue weighted by molar-refractivity contribution is 5.69. The van der Waals surface area contributed by atoms with Gasteiger partial charge in [0.05, 0.1) is 6.54 Å². The van der Waals surface area contributed by atoms with E-state index in [1.807, 2.05) is 4.90 Å². The number of carbonyl (C=O) groups is 1. The summed E-state index contributed by atoms with van der Waals surface area (Å²) in [5.41, 5.74) is 0. The molecule has 0 aromatic heterocycles. The molecule has 0 aromatic rings. The molecule has 94 valence electrons. The second-order valence-electron chi connectivity index (χ2n) is 4.53. The Labute approximate surface area is 97.0 Å². The van der Waals surface area contributed by atoms with Gasteiger partial charge in [-0.25, -0.2) is 0 Å². The summed E-state index contributed by atoms with van der Waals surface area (Å²) in [5.74, 6) is -0.197. The lowest BCUT2D eigenvalue weighted by Crippen LogP contribution is -2.49. The molecule has 1 atom stereocenters. The van der Waals surface area contributed by atoms with Gasteiger partial charge in [0.15, 0.2) is 0 Å². The van der Waals surface area contributed by atoms with Crippen LogP contribution in [0.4, 0.5) is 0 Å². The standard InChI is InChI=1S/C11H22N2O3/c1-10(9-16-2)7-12-3-5-13(6-4-12)8-11(14)15/h10H,3-9H2,1-2H3,(H,14,15). The minimum atomic E-state index is -0.735. The Kier molecular flexibility index (Phi) is 5.73. The first-order valence-electron chi connectivity index (χ1n) is 5.77. The molecule has 5 nitrogen and oxygen atoms in total. The molecule has 5 heteroatoms. The van der Waals surface area contributed by atoms with Crippen LogP contribution >= 0.6 is 0 Å². The van der Waals surface area contributed by atoms with Gasteiger partial charge in [0.2, 0.25) is 0 Å². The van der Waals surface area contributed by atoms with E-state index in [0.717, 1.165) is 39.3 Å². The third-order valence-corrected chi connectivity index (χ3v) is 2.84. The molecule has 0 saturated carbocycles. The van der Waals surface area contributed by atoms with Gasteiger partial charge in [0.1, 0.15) is 0 Å². The van der Waals surface area contributed by atoms with Crippen molar-refractivity contribution in [2.45, 2.75) is 6.92 Å². The van der Waals surface area contributed by atoms with Gasteiger partial charge in [0.25, 0.3) is 0 Å². The van der Waals surface area contributed by atoms with Gasteiger partial charge >= 0.3 is 5.97 Å². The Hall–Kier alpha value is -0.650. The molecule has 0 radical (unpaired) electrons. The topological polar surface area (TPSA) is 53.0 Å². The highest BCUT2D eigenvalue weighted by Gasteiger charge is 2.19. The van der Waals surface area contributed by atoms with E-state index in [4.69, 9.17) is 9.84 Å². The third-order valence-electron chi connectivity index (χ3n) is 2.84. The lowest BCUT2D eigenvalue weighted by atomic mass is 10.1. The molecule has 1 saturated heterocycles. The molecule has 1 fully saturated rings. The predicted molar refractivity (Wildman–Crippen MR) is 61.6 cm³/mol. The average Bonchev–Trinajstić information content (AvgIpc) is 2.20. The highest BCUT2D eigenvalue weighted by atomic mass is 16.5. The highest BCUT2D eigenvalue weighted by Crippen LogP contribution is 2.05. The number of methoxy groups -OCH3 is 1. The number of aliphatic carboxylic acids is 1. The van der Waals surface area contributed by atoms with Crippen molar-refractivity contribution in [1.82, 2.24) is 9.80 Å². The monoisotopic (exact) mass is 230 g/mol. The molecule has 1 aliphatic heterocycles. The van der Waals surface area contributed by atoms with E-state index in [1.165, 1.54) is 0 Å². The quantitative estimate of drug-likeness (QED) is 0.694. The van der Waals surface area contributed by atoms with Crippen LogP contribution in [0.1, 0.15) is 6.92 Å². The molecule has 1 rings (SSSR count). The number of ether oxygens (including phenoxy) is 1.